The molecule has 3 heterocycles. The molecule has 11 nitrogen and oxygen atoms in total. The van der Waals surface area contributed by atoms with E-state index in [-0.39, 0.29) is 30.2 Å². The molecule has 164 valence electrons. The van der Waals surface area contributed by atoms with Gasteiger partial charge in [0.05, 0.1) is 26.9 Å². The van der Waals surface area contributed by atoms with Crippen LogP contribution in [0.5, 0.6) is 5.75 Å². The summed E-state index contributed by atoms with van der Waals surface area (Å²) in [6.07, 6.45) is 1.32. The van der Waals surface area contributed by atoms with Crippen LogP contribution in [-0.4, -0.2) is 72.2 Å². The zero-order valence-electron chi connectivity index (χ0n) is 16.8. The van der Waals surface area contributed by atoms with Gasteiger partial charge < -0.3 is 19.8 Å². The summed E-state index contributed by atoms with van der Waals surface area (Å²) in [5.41, 5.74) is 0.943. The standard InChI is InChI=1S/C19H22N6O5S/c1-29-14-4-2-13(3-5-14)18-22-17(23-24-18)12-21-19(26)16-10-15(11-20-16)31(27,28)25-6-8-30-9-7-25/h2-5,10-11,20H,6-9,12H2,1H3,(H,21,26)(H,22,23,24). The maximum absolute atomic E-state index is 12.7. The first-order valence-corrected chi connectivity index (χ1v) is 11.0. The average molecular weight is 446 g/mol. The van der Waals surface area contributed by atoms with Crippen molar-refractivity contribution in [1.82, 2.24) is 29.8 Å². The van der Waals surface area contributed by atoms with E-state index in [1.165, 1.54) is 16.6 Å². The van der Waals surface area contributed by atoms with Gasteiger partial charge in [-0.3, -0.25) is 9.89 Å². The average Bonchev–Trinajstić information content (AvgIpc) is 3.49. The molecule has 1 aromatic carbocycles. The van der Waals surface area contributed by atoms with Crippen LogP contribution >= 0.6 is 0 Å². The molecule has 0 aliphatic carbocycles. The second-order valence-electron chi connectivity index (χ2n) is 6.78. The first-order valence-electron chi connectivity index (χ1n) is 9.57. The van der Waals surface area contributed by atoms with Gasteiger partial charge in [0.2, 0.25) is 10.0 Å². The molecule has 0 unspecified atom stereocenters. The van der Waals surface area contributed by atoms with Crippen LogP contribution in [0.15, 0.2) is 41.4 Å². The maximum atomic E-state index is 12.7. The maximum Gasteiger partial charge on any atom is 0.268 e. The summed E-state index contributed by atoms with van der Waals surface area (Å²) in [6, 6.07) is 8.60. The van der Waals surface area contributed by atoms with E-state index < -0.39 is 15.9 Å². The van der Waals surface area contributed by atoms with Gasteiger partial charge in [-0.2, -0.15) is 9.40 Å². The Kier molecular flexibility index (Phi) is 6.02. The summed E-state index contributed by atoms with van der Waals surface area (Å²) >= 11 is 0. The molecule has 0 radical (unpaired) electrons. The van der Waals surface area contributed by atoms with E-state index in [1.54, 1.807) is 19.2 Å². The minimum atomic E-state index is -3.67. The molecular weight excluding hydrogens is 424 g/mol. The first-order chi connectivity index (χ1) is 15.0. The second kappa shape index (κ2) is 8.88. The number of rotatable bonds is 7. The van der Waals surface area contributed by atoms with Gasteiger partial charge in [-0.05, 0) is 30.3 Å². The number of carbonyl (C=O) groups excluding carboxylic acids is 1. The zero-order chi connectivity index (χ0) is 21.8. The highest BCUT2D eigenvalue weighted by Gasteiger charge is 2.28. The molecule has 0 spiro atoms. The Morgan fingerprint density at radius 3 is 2.71 bits per heavy atom. The molecule has 1 aliphatic heterocycles. The third kappa shape index (κ3) is 4.60. The van der Waals surface area contributed by atoms with Crippen LogP contribution in [0.1, 0.15) is 16.3 Å². The van der Waals surface area contributed by atoms with E-state index in [1.807, 2.05) is 12.1 Å². The zero-order valence-corrected chi connectivity index (χ0v) is 17.6. The lowest BCUT2D eigenvalue weighted by molar-refractivity contribution is 0.0730. The monoisotopic (exact) mass is 446 g/mol. The summed E-state index contributed by atoms with van der Waals surface area (Å²) in [5, 5.41) is 9.62. The van der Waals surface area contributed by atoms with Crippen molar-refractivity contribution in [1.29, 1.82) is 0 Å². The number of methoxy groups -OCH3 is 1. The summed E-state index contributed by atoms with van der Waals surface area (Å²) in [6.45, 7) is 1.39. The molecular formula is C19H22N6O5S. The number of sulfonamides is 1. The predicted octanol–water partition coefficient (Wildman–Crippen LogP) is 0.759. The Hall–Kier alpha value is -3.22. The van der Waals surface area contributed by atoms with Gasteiger partial charge in [-0.25, -0.2) is 13.4 Å². The van der Waals surface area contributed by atoms with Crippen LogP contribution in [0.2, 0.25) is 0 Å². The third-order valence-electron chi connectivity index (χ3n) is 4.81. The number of aromatic nitrogens is 4. The van der Waals surface area contributed by atoms with Gasteiger partial charge in [0.25, 0.3) is 5.91 Å². The van der Waals surface area contributed by atoms with E-state index in [2.05, 4.69) is 25.5 Å². The lowest BCUT2D eigenvalue weighted by Gasteiger charge is -2.25. The van der Waals surface area contributed by atoms with Gasteiger partial charge in [-0.15, -0.1) is 0 Å². The van der Waals surface area contributed by atoms with Gasteiger partial charge in [-0.1, -0.05) is 0 Å². The van der Waals surface area contributed by atoms with Crippen molar-refractivity contribution < 1.29 is 22.7 Å². The Bertz CT molecular complexity index is 1150. The quantitative estimate of drug-likeness (QED) is 0.486. The van der Waals surface area contributed by atoms with Crippen LogP contribution in [0, 0.1) is 0 Å². The minimum Gasteiger partial charge on any atom is -0.497 e. The Morgan fingerprint density at radius 1 is 1.26 bits per heavy atom. The summed E-state index contributed by atoms with van der Waals surface area (Å²) in [7, 11) is -2.08. The number of amides is 1. The van der Waals surface area contributed by atoms with E-state index in [4.69, 9.17) is 9.47 Å². The lowest BCUT2D eigenvalue weighted by atomic mass is 10.2. The number of H-pyrrole nitrogens is 2. The molecule has 0 atom stereocenters. The van der Waals surface area contributed by atoms with Gasteiger partial charge in [0.1, 0.15) is 22.2 Å². The van der Waals surface area contributed by atoms with Crippen LogP contribution in [0.25, 0.3) is 11.4 Å². The topological polar surface area (TPSA) is 142 Å². The summed E-state index contributed by atoms with van der Waals surface area (Å²) < 4.78 is 37.0. The van der Waals surface area contributed by atoms with Crippen molar-refractivity contribution in [3.63, 3.8) is 0 Å². The highest BCUT2D eigenvalue weighted by atomic mass is 32.2. The summed E-state index contributed by atoms with van der Waals surface area (Å²) in [5.74, 6) is 1.23. The third-order valence-corrected chi connectivity index (χ3v) is 6.68. The number of aromatic amines is 2. The molecule has 12 heteroatoms. The number of nitrogens with one attached hydrogen (secondary N) is 3. The van der Waals surface area contributed by atoms with Gasteiger partial charge in [0, 0.05) is 24.8 Å². The number of nitrogens with zero attached hydrogens (tertiary/aromatic N) is 3. The lowest BCUT2D eigenvalue weighted by Crippen LogP contribution is -2.40. The van der Waals surface area contributed by atoms with Crippen LogP contribution < -0.4 is 10.1 Å². The fourth-order valence-electron chi connectivity index (χ4n) is 3.09. The van der Waals surface area contributed by atoms with Crippen molar-refractivity contribution in [2.45, 2.75) is 11.4 Å². The fourth-order valence-corrected chi connectivity index (χ4v) is 4.50. The highest BCUT2D eigenvalue weighted by molar-refractivity contribution is 7.89. The first kappa shape index (κ1) is 21.0. The van der Waals surface area contributed by atoms with Crippen molar-refractivity contribution in [2.24, 2.45) is 0 Å². The van der Waals surface area contributed by atoms with Crippen molar-refractivity contribution >= 4 is 15.9 Å². The van der Waals surface area contributed by atoms with Crippen molar-refractivity contribution in [2.75, 3.05) is 33.4 Å². The van der Waals surface area contributed by atoms with Crippen LogP contribution in [0.4, 0.5) is 0 Å². The Labute approximate surface area is 178 Å². The van der Waals surface area contributed by atoms with E-state index in [0.29, 0.717) is 24.9 Å². The van der Waals surface area contributed by atoms with E-state index >= 15 is 0 Å². The molecule has 1 amide bonds. The normalized spacial score (nSPS) is 15.0. The molecule has 1 saturated heterocycles. The predicted molar refractivity (Wildman–Crippen MR) is 110 cm³/mol. The number of hydrogen-bond acceptors (Lipinski definition) is 7. The molecule has 0 saturated carbocycles. The highest BCUT2D eigenvalue weighted by Crippen LogP contribution is 2.20. The molecule has 1 fully saturated rings. The summed E-state index contributed by atoms with van der Waals surface area (Å²) in [4.78, 5) is 19.6. The van der Waals surface area contributed by atoms with Crippen molar-refractivity contribution in [3.05, 3.63) is 48.0 Å². The molecule has 0 bridgehead atoms. The largest absolute Gasteiger partial charge is 0.497 e. The van der Waals surface area contributed by atoms with Crippen LogP contribution in [0.3, 0.4) is 0 Å². The van der Waals surface area contributed by atoms with Crippen molar-refractivity contribution in [3.8, 4) is 17.1 Å². The molecule has 2 aromatic heterocycles. The minimum absolute atomic E-state index is 0.0426. The molecule has 4 rings (SSSR count). The second-order valence-corrected chi connectivity index (χ2v) is 8.72. The molecule has 3 aromatic rings. The van der Waals surface area contributed by atoms with Gasteiger partial charge in [0.15, 0.2) is 5.82 Å². The van der Waals surface area contributed by atoms with Crippen LogP contribution in [-0.2, 0) is 21.3 Å². The number of hydrogen-bond donors (Lipinski definition) is 3. The number of ether oxygens (including phenoxy) is 2. The fraction of sp³-hybridized carbons (Fsp3) is 0.316. The van der Waals surface area contributed by atoms with E-state index in [0.717, 1.165) is 11.3 Å². The number of benzene rings is 1. The Balaban J connectivity index is 1.38. The smallest absolute Gasteiger partial charge is 0.268 e. The number of carbonyl (C=O) groups is 1. The van der Waals surface area contributed by atoms with E-state index in [9.17, 15) is 13.2 Å². The molecule has 31 heavy (non-hydrogen) atoms. The van der Waals surface area contributed by atoms with Gasteiger partial charge >= 0.3 is 0 Å². The molecule has 3 N–H and O–H groups in total. The number of morpholine rings is 1. The SMILES string of the molecule is COc1ccc(-c2n[nH]c(CNC(=O)c3cc(S(=O)(=O)N4CCOCC4)c[nH]3)n2)cc1. The Morgan fingerprint density at radius 2 is 2.00 bits per heavy atom. The molecule has 1 aliphatic rings.